The number of ether oxygens (including phenoxy) is 2. The molecule has 0 aromatic carbocycles. The van der Waals surface area contributed by atoms with Gasteiger partial charge in [-0.15, -0.1) is 0 Å². The predicted molar refractivity (Wildman–Crippen MR) is 222 cm³/mol. The summed E-state index contributed by atoms with van der Waals surface area (Å²) in [5.74, 6) is -1.12. The summed E-state index contributed by atoms with van der Waals surface area (Å²) in [6.45, 7) is 3.16. The highest BCUT2D eigenvalue weighted by molar-refractivity contribution is 7.47. The van der Waals surface area contributed by atoms with Crippen LogP contribution in [0, 0.1) is 0 Å². The van der Waals surface area contributed by atoms with Crippen molar-refractivity contribution >= 4 is 19.8 Å². The number of esters is 2. The third kappa shape index (κ3) is 37.5. The van der Waals surface area contributed by atoms with Gasteiger partial charge in [-0.3, -0.25) is 18.6 Å². The first-order chi connectivity index (χ1) is 26.6. The van der Waals surface area contributed by atoms with Crippen LogP contribution in [-0.4, -0.2) is 71.7 Å². The lowest BCUT2D eigenvalue weighted by atomic mass is 10.1. The van der Waals surface area contributed by atoms with E-state index in [9.17, 15) is 29.3 Å². The Hall–Kier alpha value is -3.15. The van der Waals surface area contributed by atoms with Crippen LogP contribution in [0.2, 0.25) is 0 Å². The molecular formula is C43H70NO10P. The Morgan fingerprint density at radius 1 is 0.655 bits per heavy atom. The average molecular weight is 792 g/mol. The second-order valence-electron chi connectivity index (χ2n) is 12.8. The van der Waals surface area contributed by atoms with Crippen LogP contribution in [0.5, 0.6) is 0 Å². The molecule has 55 heavy (non-hydrogen) atoms. The Bertz CT molecular complexity index is 1250. The average Bonchev–Trinajstić information content (AvgIpc) is 3.16. The number of nitrogens with two attached hydrogens (primary N) is 1. The lowest BCUT2D eigenvalue weighted by Crippen LogP contribution is -2.29. The summed E-state index contributed by atoms with van der Waals surface area (Å²) >= 11 is 0. The maximum Gasteiger partial charge on any atom is 0.472 e. The van der Waals surface area contributed by atoms with E-state index in [1.54, 1.807) is 18.2 Å². The van der Waals surface area contributed by atoms with E-state index < -0.39 is 44.7 Å². The highest BCUT2D eigenvalue weighted by Gasteiger charge is 2.26. The molecule has 11 nitrogen and oxygen atoms in total. The predicted octanol–water partition coefficient (Wildman–Crippen LogP) is 8.99. The molecule has 0 saturated carbocycles. The molecule has 0 aliphatic heterocycles. The van der Waals surface area contributed by atoms with E-state index in [2.05, 4.69) is 62.5 Å². The first-order valence-electron chi connectivity index (χ1n) is 19.9. The topological polar surface area (TPSA) is 175 Å². The van der Waals surface area contributed by atoms with Crippen molar-refractivity contribution in [3.05, 3.63) is 97.2 Å². The number of hydrogen-bond acceptors (Lipinski definition) is 10. The number of phosphoric ester groups is 1. The summed E-state index contributed by atoms with van der Waals surface area (Å²) in [6.07, 6.45) is 40.9. The molecule has 1 unspecified atom stereocenters. The van der Waals surface area contributed by atoms with E-state index in [4.69, 9.17) is 24.3 Å². The number of phosphoric acid groups is 1. The Morgan fingerprint density at radius 2 is 1.22 bits per heavy atom. The molecule has 0 heterocycles. The van der Waals surface area contributed by atoms with E-state index in [1.165, 1.54) is 0 Å². The summed E-state index contributed by atoms with van der Waals surface area (Å²) in [6, 6.07) is 0. The van der Waals surface area contributed by atoms with Crippen molar-refractivity contribution in [1.29, 1.82) is 0 Å². The van der Waals surface area contributed by atoms with Gasteiger partial charge in [-0.05, 0) is 70.6 Å². The van der Waals surface area contributed by atoms with Crippen molar-refractivity contribution in [2.45, 2.75) is 135 Å². The van der Waals surface area contributed by atoms with Crippen molar-refractivity contribution in [3.63, 3.8) is 0 Å². The van der Waals surface area contributed by atoms with E-state index >= 15 is 0 Å². The Morgan fingerprint density at radius 3 is 1.82 bits per heavy atom. The van der Waals surface area contributed by atoms with Gasteiger partial charge in [0, 0.05) is 19.4 Å². The van der Waals surface area contributed by atoms with Gasteiger partial charge >= 0.3 is 19.8 Å². The van der Waals surface area contributed by atoms with E-state index in [1.807, 2.05) is 30.4 Å². The maximum absolute atomic E-state index is 12.6. The number of carbonyl (C=O) groups excluding carboxylic acids is 2. The van der Waals surface area contributed by atoms with Gasteiger partial charge in [0.15, 0.2) is 6.10 Å². The molecule has 0 bridgehead atoms. The fraction of sp³-hybridized carbons (Fsp3) is 0.581. The SMILES string of the molecule is CC/C=C\C/C=C\C/C=C\C/C=C\CCCCC(=O)OC[C@H](COP(=O)(O)OCCN)OC(=O)CCC[C@H](O)/C=C/C=C\C/C=C\C=C\[C@H](O)CCCCC. The van der Waals surface area contributed by atoms with E-state index in [0.29, 0.717) is 25.7 Å². The van der Waals surface area contributed by atoms with Crippen molar-refractivity contribution in [2.75, 3.05) is 26.4 Å². The molecule has 0 aliphatic carbocycles. The minimum absolute atomic E-state index is 0.00447. The molecule has 0 spiro atoms. The molecule has 312 valence electrons. The van der Waals surface area contributed by atoms with Crippen LogP contribution in [0.3, 0.4) is 0 Å². The van der Waals surface area contributed by atoms with Crippen LogP contribution >= 0.6 is 7.82 Å². The molecule has 0 rings (SSSR count). The molecule has 0 aromatic heterocycles. The molecule has 0 aromatic rings. The summed E-state index contributed by atoms with van der Waals surface area (Å²) in [7, 11) is -4.46. The normalized spacial score (nSPS) is 15.5. The van der Waals surface area contributed by atoms with Gasteiger partial charge in [-0.2, -0.15) is 0 Å². The monoisotopic (exact) mass is 791 g/mol. The zero-order valence-electron chi connectivity index (χ0n) is 33.3. The summed E-state index contributed by atoms with van der Waals surface area (Å²) in [4.78, 5) is 34.8. The van der Waals surface area contributed by atoms with Crippen molar-refractivity contribution < 1.29 is 47.8 Å². The third-order valence-corrected chi connectivity index (χ3v) is 8.65. The number of aliphatic hydroxyl groups is 2. The second kappa shape index (κ2) is 37.8. The van der Waals surface area contributed by atoms with Crippen LogP contribution in [0.25, 0.3) is 0 Å². The standard InChI is InChI=1S/C43H70NO10P/c1-3-5-7-8-9-10-11-12-13-14-15-16-20-23-27-33-42(47)51-37-41(38-53-55(49,50)52-36-35-44)54-43(48)34-28-32-40(46)31-26-22-19-17-18-21-25-30-39(45)29-24-6-4-2/h5,7,9-10,12-13,15-16,18-19,21-22,25-26,30-31,39-41,45-46H,3-4,6,8,11,14,17,20,23-24,27-29,32-38,44H2,1-2H3,(H,49,50)/b7-5-,10-9-,13-12-,16-15-,21-18-,22-19-,30-25+,31-26+/t39-,40-,41-/m1/s1. The maximum atomic E-state index is 12.6. The molecule has 0 amide bonds. The number of unbranched alkanes of at least 4 members (excludes halogenated alkanes) is 4. The third-order valence-electron chi connectivity index (χ3n) is 7.66. The van der Waals surface area contributed by atoms with E-state index in [-0.39, 0.29) is 32.6 Å². The smallest absolute Gasteiger partial charge is 0.462 e. The first kappa shape index (κ1) is 51.9. The minimum atomic E-state index is -4.46. The Kier molecular flexibility index (Phi) is 35.6. The van der Waals surface area contributed by atoms with Gasteiger partial charge in [0.2, 0.25) is 0 Å². The summed E-state index contributed by atoms with van der Waals surface area (Å²) in [5, 5.41) is 20.1. The number of allylic oxidation sites excluding steroid dienone is 14. The molecule has 4 atom stereocenters. The number of aliphatic hydroxyl groups excluding tert-OH is 2. The summed E-state index contributed by atoms with van der Waals surface area (Å²) < 4.78 is 32.5. The summed E-state index contributed by atoms with van der Waals surface area (Å²) in [5.41, 5.74) is 5.32. The molecule has 5 N–H and O–H groups in total. The molecule has 0 aliphatic rings. The largest absolute Gasteiger partial charge is 0.472 e. The lowest BCUT2D eigenvalue weighted by Gasteiger charge is -2.20. The molecule has 12 heteroatoms. The van der Waals surface area contributed by atoms with Gasteiger partial charge in [-0.1, -0.05) is 130 Å². The van der Waals surface area contributed by atoms with Crippen LogP contribution in [0.15, 0.2) is 97.2 Å². The first-order valence-corrected chi connectivity index (χ1v) is 21.4. The quantitative estimate of drug-likeness (QED) is 0.0159. The number of rotatable bonds is 35. The van der Waals surface area contributed by atoms with Crippen molar-refractivity contribution in [2.24, 2.45) is 5.73 Å². The number of carbonyl (C=O) groups is 2. The molecule has 0 saturated heterocycles. The second-order valence-corrected chi connectivity index (χ2v) is 14.3. The van der Waals surface area contributed by atoms with Gasteiger partial charge in [0.1, 0.15) is 6.61 Å². The highest BCUT2D eigenvalue weighted by atomic mass is 31.2. The van der Waals surface area contributed by atoms with Gasteiger partial charge in [-0.25, -0.2) is 4.57 Å². The van der Waals surface area contributed by atoms with Crippen LogP contribution in [0.1, 0.15) is 117 Å². The Labute approximate surface area is 331 Å². The molecule has 0 fully saturated rings. The van der Waals surface area contributed by atoms with E-state index in [0.717, 1.165) is 64.2 Å². The minimum Gasteiger partial charge on any atom is -0.462 e. The van der Waals surface area contributed by atoms with Crippen molar-refractivity contribution in [3.8, 4) is 0 Å². The van der Waals surface area contributed by atoms with Gasteiger partial charge in [0.05, 0.1) is 25.4 Å². The zero-order chi connectivity index (χ0) is 40.7. The van der Waals surface area contributed by atoms with Crippen molar-refractivity contribution in [1.82, 2.24) is 0 Å². The highest BCUT2D eigenvalue weighted by Crippen LogP contribution is 2.43. The van der Waals surface area contributed by atoms with Crippen LogP contribution in [-0.2, 0) is 32.7 Å². The fourth-order valence-electron chi connectivity index (χ4n) is 4.66. The Balaban J connectivity index is 4.55. The lowest BCUT2D eigenvalue weighted by molar-refractivity contribution is -0.161. The van der Waals surface area contributed by atoms with Crippen LogP contribution < -0.4 is 5.73 Å². The van der Waals surface area contributed by atoms with Gasteiger partial charge < -0.3 is 30.3 Å². The molecular weight excluding hydrogens is 721 g/mol. The number of hydrogen-bond donors (Lipinski definition) is 4. The fourth-order valence-corrected chi connectivity index (χ4v) is 5.43. The van der Waals surface area contributed by atoms with Crippen LogP contribution in [0.4, 0.5) is 0 Å². The molecule has 0 radical (unpaired) electrons. The zero-order valence-corrected chi connectivity index (χ0v) is 34.2. The van der Waals surface area contributed by atoms with Gasteiger partial charge in [0.25, 0.3) is 0 Å².